The van der Waals surface area contributed by atoms with Crippen LogP contribution >= 0.6 is 56.7 Å². The van der Waals surface area contributed by atoms with E-state index in [1.54, 1.807) is 0 Å². The molecule has 1 fully saturated rings. The smallest absolute Gasteiger partial charge is 0.134 e. The molecular formula is C15H24Br2Cl2N2O. The summed E-state index contributed by atoms with van der Waals surface area (Å²) in [5, 5.41) is 13.9. The first-order valence-corrected chi connectivity index (χ1v) is 8.75. The first-order valence-electron chi connectivity index (χ1n) is 7.17. The molecule has 0 spiro atoms. The highest BCUT2D eigenvalue weighted by molar-refractivity contribution is 9.11. The Morgan fingerprint density at radius 3 is 2.36 bits per heavy atom. The van der Waals surface area contributed by atoms with Gasteiger partial charge in [-0.1, -0.05) is 36.2 Å². The molecular weight excluding hydrogens is 455 g/mol. The number of rotatable bonds is 4. The second-order valence-electron chi connectivity index (χ2n) is 5.44. The van der Waals surface area contributed by atoms with Crippen LogP contribution in [0.3, 0.4) is 0 Å². The van der Waals surface area contributed by atoms with Gasteiger partial charge in [-0.25, -0.2) is 0 Å². The van der Waals surface area contributed by atoms with Crippen molar-refractivity contribution in [2.45, 2.75) is 26.3 Å². The number of halogens is 4. The minimum absolute atomic E-state index is 0. The van der Waals surface area contributed by atoms with Gasteiger partial charge in [0.05, 0.1) is 4.47 Å². The monoisotopic (exact) mass is 476 g/mol. The molecule has 3 nitrogen and oxygen atoms in total. The van der Waals surface area contributed by atoms with Gasteiger partial charge in [0.1, 0.15) is 5.75 Å². The Balaban J connectivity index is 0.00000220. The van der Waals surface area contributed by atoms with Crippen LogP contribution in [0.1, 0.15) is 31.9 Å². The van der Waals surface area contributed by atoms with Gasteiger partial charge in [0, 0.05) is 42.3 Å². The van der Waals surface area contributed by atoms with Crippen molar-refractivity contribution < 1.29 is 5.11 Å². The van der Waals surface area contributed by atoms with Crippen molar-refractivity contribution in [3.63, 3.8) is 0 Å². The summed E-state index contributed by atoms with van der Waals surface area (Å²) in [7, 11) is 0. The van der Waals surface area contributed by atoms with Gasteiger partial charge in [-0.3, -0.25) is 4.90 Å². The summed E-state index contributed by atoms with van der Waals surface area (Å²) < 4.78 is 1.76. The molecule has 1 aliphatic heterocycles. The summed E-state index contributed by atoms with van der Waals surface area (Å²) in [6, 6.07) is 4.21. The molecule has 1 heterocycles. The number of phenols is 1. The molecule has 1 unspecified atom stereocenters. The maximum absolute atomic E-state index is 10.5. The van der Waals surface area contributed by atoms with E-state index in [2.05, 4.69) is 62.0 Å². The molecule has 2 rings (SSSR count). The third-order valence-electron chi connectivity index (χ3n) is 4.10. The maximum atomic E-state index is 10.5. The van der Waals surface area contributed by atoms with E-state index in [1.165, 1.54) is 0 Å². The molecule has 0 aromatic heterocycles. The fourth-order valence-corrected chi connectivity index (χ4v) is 4.12. The fourth-order valence-electron chi connectivity index (χ4n) is 2.86. The van der Waals surface area contributed by atoms with Crippen molar-refractivity contribution in [3.05, 3.63) is 26.6 Å². The largest absolute Gasteiger partial charge is 0.506 e. The van der Waals surface area contributed by atoms with E-state index in [0.717, 1.165) is 47.1 Å². The summed E-state index contributed by atoms with van der Waals surface area (Å²) in [5.74, 6) is 0.872. The number of hydrogen-bond donors (Lipinski definition) is 2. The second-order valence-corrected chi connectivity index (χ2v) is 7.21. The number of piperazine rings is 1. The summed E-state index contributed by atoms with van der Waals surface area (Å²) in [5.41, 5.74) is 1.02. The number of nitrogens with zero attached hydrogens (tertiary/aromatic N) is 1. The lowest BCUT2D eigenvalue weighted by molar-refractivity contribution is 0.126. The van der Waals surface area contributed by atoms with E-state index in [4.69, 9.17) is 0 Å². The molecule has 1 aromatic rings. The van der Waals surface area contributed by atoms with Gasteiger partial charge in [-0.2, -0.15) is 0 Å². The number of nitrogens with one attached hydrogen (secondary N) is 1. The summed E-state index contributed by atoms with van der Waals surface area (Å²) >= 11 is 6.99. The molecule has 128 valence electrons. The first kappa shape index (κ1) is 22.5. The van der Waals surface area contributed by atoms with Crippen LogP contribution in [-0.4, -0.2) is 36.2 Å². The quantitative estimate of drug-likeness (QED) is 0.655. The van der Waals surface area contributed by atoms with E-state index in [-0.39, 0.29) is 30.9 Å². The molecule has 0 aliphatic carbocycles. The Morgan fingerprint density at radius 2 is 1.82 bits per heavy atom. The van der Waals surface area contributed by atoms with E-state index in [1.807, 2.05) is 6.07 Å². The van der Waals surface area contributed by atoms with Crippen molar-refractivity contribution in [2.75, 3.05) is 26.2 Å². The fraction of sp³-hybridized carbons (Fsp3) is 0.600. The summed E-state index contributed by atoms with van der Waals surface area (Å²) in [6.45, 7) is 8.56. The Hall–Kier alpha value is 0.480. The number of benzene rings is 1. The molecule has 0 bridgehead atoms. The van der Waals surface area contributed by atoms with Crippen LogP contribution in [0.4, 0.5) is 0 Å². The Kier molecular flexibility index (Phi) is 10.6. The van der Waals surface area contributed by atoms with Crippen molar-refractivity contribution in [1.29, 1.82) is 0 Å². The van der Waals surface area contributed by atoms with Crippen LogP contribution in [0.25, 0.3) is 0 Å². The zero-order chi connectivity index (χ0) is 14.7. The molecule has 0 amide bonds. The normalized spacial score (nSPS) is 18.0. The standard InChI is InChI=1S/C15H22Br2N2O.2ClH/c1-3-10(2)14(19-6-4-18-5-7-19)12-8-11(16)9-13(17)15(12)20;;/h8-10,14,18,20H,3-7H2,1-2H3;2*1H/t10?,14-;;/m0../s1. The highest BCUT2D eigenvalue weighted by atomic mass is 79.9. The molecule has 2 N–H and O–H groups in total. The van der Waals surface area contributed by atoms with Crippen LogP contribution in [0.5, 0.6) is 5.75 Å². The molecule has 2 atom stereocenters. The van der Waals surface area contributed by atoms with Gasteiger partial charge in [-0.15, -0.1) is 24.8 Å². The van der Waals surface area contributed by atoms with Crippen molar-refractivity contribution >= 4 is 56.7 Å². The second kappa shape index (κ2) is 10.4. The third-order valence-corrected chi connectivity index (χ3v) is 5.17. The lowest BCUT2D eigenvalue weighted by Crippen LogP contribution is -2.46. The van der Waals surface area contributed by atoms with Gasteiger partial charge in [-0.05, 0) is 34.0 Å². The number of phenolic OH excluding ortho intramolecular Hbond substituents is 1. The third kappa shape index (κ3) is 5.25. The Morgan fingerprint density at radius 1 is 1.23 bits per heavy atom. The predicted molar refractivity (Wildman–Crippen MR) is 105 cm³/mol. The van der Waals surface area contributed by atoms with Crippen LogP contribution < -0.4 is 5.32 Å². The van der Waals surface area contributed by atoms with Gasteiger partial charge < -0.3 is 10.4 Å². The molecule has 1 aliphatic rings. The molecule has 0 radical (unpaired) electrons. The molecule has 7 heteroatoms. The van der Waals surface area contributed by atoms with Gasteiger partial charge in [0.25, 0.3) is 0 Å². The number of aromatic hydroxyl groups is 1. The van der Waals surface area contributed by atoms with Crippen LogP contribution in [0.2, 0.25) is 0 Å². The topological polar surface area (TPSA) is 35.5 Å². The van der Waals surface area contributed by atoms with Crippen molar-refractivity contribution in [3.8, 4) is 5.75 Å². The number of hydrogen-bond acceptors (Lipinski definition) is 3. The molecule has 0 saturated carbocycles. The minimum atomic E-state index is 0. The summed E-state index contributed by atoms with van der Waals surface area (Å²) in [4.78, 5) is 2.48. The average molecular weight is 479 g/mol. The van der Waals surface area contributed by atoms with Crippen LogP contribution in [0.15, 0.2) is 21.1 Å². The van der Waals surface area contributed by atoms with E-state index in [0.29, 0.717) is 11.7 Å². The van der Waals surface area contributed by atoms with E-state index >= 15 is 0 Å². The highest BCUT2D eigenvalue weighted by Gasteiger charge is 2.29. The van der Waals surface area contributed by atoms with Crippen LogP contribution in [0, 0.1) is 5.92 Å². The Labute approximate surface area is 162 Å². The van der Waals surface area contributed by atoms with E-state index in [9.17, 15) is 5.11 Å². The molecule has 1 saturated heterocycles. The predicted octanol–water partition coefficient (Wildman–Crippen LogP) is 4.75. The van der Waals surface area contributed by atoms with Gasteiger partial charge >= 0.3 is 0 Å². The van der Waals surface area contributed by atoms with Crippen molar-refractivity contribution in [2.24, 2.45) is 5.92 Å². The average Bonchev–Trinajstić information content (AvgIpc) is 2.45. The Bertz CT molecular complexity index is 471. The lowest BCUT2D eigenvalue weighted by Gasteiger charge is -2.38. The van der Waals surface area contributed by atoms with E-state index < -0.39 is 0 Å². The first-order chi connectivity index (χ1) is 9.54. The molecule has 1 aromatic carbocycles. The lowest BCUT2D eigenvalue weighted by atomic mass is 9.90. The zero-order valence-corrected chi connectivity index (χ0v) is 17.6. The summed E-state index contributed by atoms with van der Waals surface area (Å²) in [6.07, 6.45) is 1.10. The minimum Gasteiger partial charge on any atom is -0.506 e. The van der Waals surface area contributed by atoms with Gasteiger partial charge in [0.15, 0.2) is 0 Å². The maximum Gasteiger partial charge on any atom is 0.134 e. The zero-order valence-electron chi connectivity index (χ0n) is 12.8. The van der Waals surface area contributed by atoms with Gasteiger partial charge in [0.2, 0.25) is 0 Å². The van der Waals surface area contributed by atoms with Crippen LogP contribution in [-0.2, 0) is 0 Å². The molecule has 22 heavy (non-hydrogen) atoms. The highest BCUT2D eigenvalue weighted by Crippen LogP contribution is 2.41. The van der Waals surface area contributed by atoms with Crippen molar-refractivity contribution in [1.82, 2.24) is 10.2 Å². The SMILES string of the molecule is CCC(C)[C@@H](c1cc(Br)cc(Br)c1O)N1CCNCC1.Cl.Cl.